The Morgan fingerprint density at radius 3 is 2.37 bits per heavy atom. The minimum Gasteiger partial charge on any atom is -0.349 e. The number of nitrogens with zero attached hydrogens (tertiary/aromatic N) is 1. The van der Waals surface area contributed by atoms with Gasteiger partial charge in [-0.05, 0) is 67.2 Å². The molecule has 0 radical (unpaired) electrons. The van der Waals surface area contributed by atoms with Crippen LogP contribution in [-0.2, 0) is 0 Å². The minimum absolute atomic E-state index is 0.0169. The van der Waals surface area contributed by atoms with E-state index >= 15 is 0 Å². The molecule has 1 aromatic rings. The summed E-state index contributed by atoms with van der Waals surface area (Å²) in [5.74, 6) is 3.30. The molecule has 3 saturated carbocycles. The number of nitriles is 1. The van der Waals surface area contributed by atoms with E-state index in [0.29, 0.717) is 17.2 Å². The van der Waals surface area contributed by atoms with Crippen molar-refractivity contribution in [1.82, 2.24) is 5.32 Å². The molecule has 3 nitrogen and oxygen atoms in total. The predicted molar refractivity (Wildman–Crippen MR) is 70.2 cm³/mol. The van der Waals surface area contributed by atoms with E-state index in [2.05, 4.69) is 11.4 Å². The lowest BCUT2D eigenvalue weighted by Crippen LogP contribution is -2.29. The van der Waals surface area contributed by atoms with Crippen LogP contribution in [0.1, 0.15) is 35.2 Å². The number of amides is 1. The van der Waals surface area contributed by atoms with Gasteiger partial charge in [-0.25, -0.2) is 0 Å². The fourth-order valence-corrected chi connectivity index (χ4v) is 4.45. The monoisotopic (exact) mass is 252 g/mol. The summed E-state index contributed by atoms with van der Waals surface area (Å²) in [6.45, 7) is 0. The van der Waals surface area contributed by atoms with Gasteiger partial charge in [0.1, 0.15) is 0 Å². The highest BCUT2D eigenvalue weighted by molar-refractivity contribution is 5.94. The van der Waals surface area contributed by atoms with Gasteiger partial charge in [0.25, 0.3) is 5.91 Å². The topological polar surface area (TPSA) is 52.9 Å². The quantitative estimate of drug-likeness (QED) is 0.878. The number of carbonyl (C=O) groups is 1. The molecule has 4 atom stereocenters. The number of hydrogen-bond donors (Lipinski definition) is 1. The summed E-state index contributed by atoms with van der Waals surface area (Å²) >= 11 is 0. The van der Waals surface area contributed by atoms with E-state index in [1.54, 1.807) is 24.3 Å². The molecule has 2 bridgehead atoms. The number of nitrogens with one attached hydrogen (secondary N) is 1. The molecule has 0 heterocycles. The van der Waals surface area contributed by atoms with Crippen LogP contribution >= 0.6 is 0 Å². The second-order valence-corrected chi connectivity index (χ2v) is 6.18. The summed E-state index contributed by atoms with van der Waals surface area (Å²) in [6.07, 6.45) is 4.14. The van der Waals surface area contributed by atoms with Crippen LogP contribution in [0, 0.1) is 35.0 Å². The van der Waals surface area contributed by atoms with Gasteiger partial charge in [0.05, 0.1) is 11.6 Å². The molecule has 1 N–H and O–H groups in total. The van der Waals surface area contributed by atoms with Gasteiger partial charge in [-0.2, -0.15) is 5.26 Å². The standard InChI is InChI=1S/C16H16N2O/c17-8-9-1-3-10(4-2-9)16(19)18-15-13-11-5-6-12(7-11)14(13)15/h1-4,11-15H,5-7H2,(H,18,19). The summed E-state index contributed by atoms with van der Waals surface area (Å²) in [5.41, 5.74) is 1.26. The van der Waals surface area contributed by atoms with Crippen LogP contribution in [0.4, 0.5) is 0 Å². The average molecular weight is 252 g/mol. The lowest BCUT2D eigenvalue weighted by Gasteiger charge is -2.10. The van der Waals surface area contributed by atoms with E-state index in [0.717, 1.165) is 23.7 Å². The van der Waals surface area contributed by atoms with Crippen molar-refractivity contribution in [3.05, 3.63) is 35.4 Å². The fraction of sp³-hybridized carbons (Fsp3) is 0.500. The van der Waals surface area contributed by atoms with E-state index in [-0.39, 0.29) is 5.91 Å². The molecule has 3 aliphatic rings. The average Bonchev–Trinajstić information content (AvgIpc) is 2.85. The van der Waals surface area contributed by atoms with E-state index in [1.165, 1.54) is 19.3 Å². The highest BCUT2D eigenvalue weighted by Crippen LogP contribution is 2.65. The maximum atomic E-state index is 12.2. The molecule has 4 rings (SSSR count). The smallest absolute Gasteiger partial charge is 0.251 e. The molecular weight excluding hydrogens is 236 g/mol. The zero-order chi connectivity index (χ0) is 13.0. The second kappa shape index (κ2) is 3.84. The number of carbonyl (C=O) groups excluding carboxylic acids is 1. The minimum atomic E-state index is 0.0169. The van der Waals surface area contributed by atoms with Crippen LogP contribution < -0.4 is 5.32 Å². The van der Waals surface area contributed by atoms with Gasteiger partial charge in [0.15, 0.2) is 0 Å². The summed E-state index contributed by atoms with van der Waals surface area (Å²) in [7, 11) is 0. The zero-order valence-corrected chi connectivity index (χ0v) is 10.7. The highest BCUT2D eigenvalue weighted by Gasteiger charge is 2.65. The third-order valence-electron chi connectivity index (χ3n) is 5.31. The van der Waals surface area contributed by atoms with Crippen LogP contribution in [0.5, 0.6) is 0 Å². The Balaban J connectivity index is 1.44. The number of fused-ring (bicyclic) bond motifs is 5. The highest BCUT2D eigenvalue weighted by atomic mass is 16.1. The largest absolute Gasteiger partial charge is 0.349 e. The molecular formula is C16H16N2O. The third-order valence-corrected chi connectivity index (χ3v) is 5.31. The van der Waals surface area contributed by atoms with Crippen LogP contribution in [0.2, 0.25) is 0 Å². The maximum Gasteiger partial charge on any atom is 0.251 e. The first-order chi connectivity index (χ1) is 9.28. The Labute approximate surface area is 112 Å². The number of benzene rings is 1. The van der Waals surface area contributed by atoms with Crippen LogP contribution in [0.25, 0.3) is 0 Å². The number of hydrogen-bond acceptors (Lipinski definition) is 2. The lowest BCUT2D eigenvalue weighted by molar-refractivity contribution is 0.0944. The van der Waals surface area contributed by atoms with Gasteiger partial charge in [0, 0.05) is 11.6 Å². The van der Waals surface area contributed by atoms with Crippen molar-refractivity contribution in [1.29, 1.82) is 5.26 Å². The van der Waals surface area contributed by atoms with Gasteiger partial charge in [0.2, 0.25) is 0 Å². The van der Waals surface area contributed by atoms with Crippen molar-refractivity contribution >= 4 is 5.91 Å². The van der Waals surface area contributed by atoms with Crippen LogP contribution in [0.15, 0.2) is 24.3 Å². The molecule has 0 aliphatic heterocycles. The van der Waals surface area contributed by atoms with Gasteiger partial charge in [-0.1, -0.05) is 0 Å². The molecule has 0 saturated heterocycles. The molecule has 0 aromatic heterocycles. The first-order valence-corrected chi connectivity index (χ1v) is 7.09. The first-order valence-electron chi connectivity index (χ1n) is 7.09. The molecule has 3 aliphatic carbocycles. The molecule has 96 valence electrons. The van der Waals surface area contributed by atoms with Crippen molar-refractivity contribution in [3.8, 4) is 6.07 Å². The molecule has 1 aromatic carbocycles. The first kappa shape index (κ1) is 11.0. The van der Waals surface area contributed by atoms with Crippen molar-refractivity contribution in [3.63, 3.8) is 0 Å². The van der Waals surface area contributed by atoms with E-state index in [1.807, 2.05) is 0 Å². The fourth-order valence-electron chi connectivity index (χ4n) is 4.45. The molecule has 0 spiro atoms. The summed E-state index contributed by atoms with van der Waals surface area (Å²) in [6, 6.07) is 9.37. The summed E-state index contributed by atoms with van der Waals surface area (Å²) < 4.78 is 0. The molecule has 19 heavy (non-hydrogen) atoms. The van der Waals surface area contributed by atoms with Crippen molar-refractivity contribution in [2.24, 2.45) is 23.7 Å². The normalized spacial score (nSPS) is 37.5. The Hall–Kier alpha value is -1.82. The van der Waals surface area contributed by atoms with E-state index < -0.39 is 0 Å². The van der Waals surface area contributed by atoms with Crippen molar-refractivity contribution in [2.45, 2.75) is 25.3 Å². The molecule has 3 fully saturated rings. The second-order valence-electron chi connectivity index (χ2n) is 6.18. The maximum absolute atomic E-state index is 12.2. The predicted octanol–water partition coefficient (Wildman–Crippen LogP) is 2.33. The lowest BCUT2D eigenvalue weighted by atomic mass is 10.0. The van der Waals surface area contributed by atoms with Gasteiger partial charge in [-0.15, -0.1) is 0 Å². The zero-order valence-electron chi connectivity index (χ0n) is 10.7. The molecule has 3 heteroatoms. The number of rotatable bonds is 2. The van der Waals surface area contributed by atoms with E-state index in [4.69, 9.17) is 5.26 Å². The van der Waals surface area contributed by atoms with Crippen molar-refractivity contribution < 1.29 is 4.79 Å². The Morgan fingerprint density at radius 1 is 1.16 bits per heavy atom. The van der Waals surface area contributed by atoms with Gasteiger partial charge >= 0.3 is 0 Å². The summed E-state index contributed by atoms with van der Waals surface area (Å²) in [4.78, 5) is 12.2. The summed E-state index contributed by atoms with van der Waals surface area (Å²) in [5, 5.41) is 11.9. The van der Waals surface area contributed by atoms with Gasteiger partial charge < -0.3 is 5.32 Å². The van der Waals surface area contributed by atoms with Crippen molar-refractivity contribution in [2.75, 3.05) is 0 Å². The molecule has 1 amide bonds. The van der Waals surface area contributed by atoms with E-state index in [9.17, 15) is 4.79 Å². The Morgan fingerprint density at radius 2 is 1.79 bits per heavy atom. The SMILES string of the molecule is N#Cc1ccc(C(=O)NC2C3C4CCC(C4)C23)cc1. The van der Waals surface area contributed by atoms with Crippen LogP contribution in [-0.4, -0.2) is 11.9 Å². The molecule has 4 unspecified atom stereocenters. The Bertz CT molecular complexity index is 555. The third kappa shape index (κ3) is 1.59. The Kier molecular flexibility index (Phi) is 2.23. The van der Waals surface area contributed by atoms with Crippen LogP contribution in [0.3, 0.4) is 0 Å². The van der Waals surface area contributed by atoms with Gasteiger partial charge in [-0.3, -0.25) is 4.79 Å².